The third-order valence-corrected chi connectivity index (χ3v) is 5.60. The SMILES string of the molecule is CCCCCCOC1OC(CO)[C@H](O[C@@H]2OC(CS)[C@H](O)[C@H](O)C2O)[C@H](O)C1O. The molecule has 6 N–H and O–H groups in total. The summed E-state index contributed by atoms with van der Waals surface area (Å²) in [6.45, 7) is 1.87. The normalized spacial score (nSPS) is 43.4. The van der Waals surface area contributed by atoms with Crippen molar-refractivity contribution in [2.24, 2.45) is 0 Å². The van der Waals surface area contributed by atoms with Gasteiger partial charge in [-0.05, 0) is 6.42 Å². The van der Waals surface area contributed by atoms with E-state index in [1.807, 2.05) is 0 Å². The fraction of sp³-hybridized carbons (Fsp3) is 1.00. The van der Waals surface area contributed by atoms with Gasteiger partial charge in [0.1, 0.15) is 42.7 Å². The molecule has 0 spiro atoms. The molecule has 2 saturated heterocycles. The van der Waals surface area contributed by atoms with Crippen molar-refractivity contribution in [2.75, 3.05) is 19.0 Å². The summed E-state index contributed by atoms with van der Waals surface area (Å²) < 4.78 is 22.0. The van der Waals surface area contributed by atoms with Crippen molar-refractivity contribution >= 4 is 12.6 Å². The molecule has 11 heteroatoms. The van der Waals surface area contributed by atoms with Crippen LogP contribution in [0.1, 0.15) is 32.6 Å². The summed E-state index contributed by atoms with van der Waals surface area (Å²) in [6, 6.07) is 0. The number of unbranched alkanes of at least 4 members (excludes halogenated alkanes) is 3. The van der Waals surface area contributed by atoms with Crippen LogP contribution in [-0.4, -0.2) is 111 Å². The number of aliphatic hydroxyl groups is 6. The predicted octanol–water partition coefficient (Wildman–Crippen LogP) is -1.86. The van der Waals surface area contributed by atoms with Crippen LogP contribution < -0.4 is 0 Å². The zero-order chi connectivity index (χ0) is 21.6. The first-order valence-electron chi connectivity index (χ1n) is 10.1. The largest absolute Gasteiger partial charge is 0.394 e. The molecule has 5 unspecified atom stereocenters. The second-order valence-corrected chi connectivity index (χ2v) is 7.80. The molecule has 0 radical (unpaired) electrons. The van der Waals surface area contributed by atoms with Crippen LogP contribution in [0.4, 0.5) is 0 Å². The second-order valence-electron chi connectivity index (χ2n) is 7.44. The van der Waals surface area contributed by atoms with Gasteiger partial charge in [-0.3, -0.25) is 0 Å². The zero-order valence-electron chi connectivity index (χ0n) is 16.5. The number of hydrogen-bond donors (Lipinski definition) is 7. The van der Waals surface area contributed by atoms with Crippen molar-refractivity contribution in [1.29, 1.82) is 0 Å². The summed E-state index contributed by atoms with van der Waals surface area (Å²) in [5.41, 5.74) is 0. The Hall–Kier alpha value is -0.0500. The first-order chi connectivity index (χ1) is 13.8. The maximum Gasteiger partial charge on any atom is 0.187 e. The topological polar surface area (TPSA) is 158 Å². The van der Waals surface area contributed by atoms with Gasteiger partial charge in [-0.2, -0.15) is 12.6 Å². The molecule has 29 heavy (non-hydrogen) atoms. The summed E-state index contributed by atoms with van der Waals surface area (Å²) in [7, 11) is 0. The van der Waals surface area contributed by atoms with Gasteiger partial charge < -0.3 is 49.6 Å². The minimum Gasteiger partial charge on any atom is -0.394 e. The van der Waals surface area contributed by atoms with Crippen LogP contribution in [0.2, 0.25) is 0 Å². The van der Waals surface area contributed by atoms with Gasteiger partial charge in [0.05, 0.1) is 12.7 Å². The Bertz CT molecular complexity index is 468. The third kappa shape index (κ3) is 6.23. The monoisotopic (exact) mass is 442 g/mol. The molecule has 0 bridgehead atoms. The van der Waals surface area contributed by atoms with E-state index < -0.39 is 68.0 Å². The van der Waals surface area contributed by atoms with Crippen LogP contribution in [0.25, 0.3) is 0 Å². The summed E-state index contributed by atoms with van der Waals surface area (Å²) in [6.07, 6.45) is -9.43. The summed E-state index contributed by atoms with van der Waals surface area (Å²) in [5, 5.41) is 60.5. The Morgan fingerprint density at radius 2 is 1.45 bits per heavy atom. The van der Waals surface area contributed by atoms with Crippen LogP contribution >= 0.6 is 12.6 Å². The number of rotatable bonds is 10. The van der Waals surface area contributed by atoms with Gasteiger partial charge in [-0.25, -0.2) is 0 Å². The first kappa shape index (κ1) is 25.2. The molecule has 0 aromatic heterocycles. The maximum absolute atomic E-state index is 10.5. The van der Waals surface area contributed by atoms with E-state index in [1.54, 1.807) is 0 Å². The van der Waals surface area contributed by atoms with Crippen molar-refractivity contribution in [1.82, 2.24) is 0 Å². The third-order valence-electron chi connectivity index (χ3n) is 5.24. The lowest BCUT2D eigenvalue weighted by atomic mass is 9.97. The lowest BCUT2D eigenvalue weighted by Gasteiger charge is -2.46. The summed E-state index contributed by atoms with van der Waals surface area (Å²) >= 11 is 4.03. The summed E-state index contributed by atoms with van der Waals surface area (Å²) in [5.74, 6) is 0.0501. The molecule has 2 fully saturated rings. The van der Waals surface area contributed by atoms with Crippen molar-refractivity contribution < 1.29 is 49.6 Å². The van der Waals surface area contributed by atoms with E-state index in [0.29, 0.717) is 6.61 Å². The first-order valence-corrected chi connectivity index (χ1v) is 10.7. The molecule has 0 aromatic rings. The van der Waals surface area contributed by atoms with Crippen LogP contribution in [0.3, 0.4) is 0 Å². The Kier molecular flexibility index (Phi) is 10.5. The van der Waals surface area contributed by atoms with Crippen molar-refractivity contribution in [3.8, 4) is 0 Å². The van der Waals surface area contributed by atoms with E-state index >= 15 is 0 Å². The number of thiol groups is 1. The van der Waals surface area contributed by atoms with Gasteiger partial charge in [0.25, 0.3) is 0 Å². The van der Waals surface area contributed by atoms with Crippen molar-refractivity contribution in [3.63, 3.8) is 0 Å². The lowest BCUT2D eigenvalue weighted by molar-refractivity contribution is -0.356. The van der Waals surface area contributed by atoms with Gasteiger partial charge in [0.15, 0.2) is 12.6 Å². The van der Waals surface area contributed by atoms with Crippen LogP contribution in [0.15, 0.2) is 0 Å². The predicted molar refractivity (Wildman–Crippen MR) is 103 cm³/mol. The van der Waals surface area contributed by atoms with E-state index in [2.05, 4.69) is 19.6 Å². The molecule has 0 amide bonds. The molecule has 0 saturated carbocycles. The second kappa shape index (κ2) is 12.1. The van der Waals surface area contributed by atoms with E-state index in [-0.39, 0.29) is 5.75 Å². The van der Waals surface area contributed by atoms with Crippen molar-refractivity contribution in [3.05, 3.63) is 0 Å². The molecule has 10 atom stereocenters. The molecule has 2 rings (SSSR count). The van der Waals surface area contributed by atoms with Crippen LogP contribution in [0, 0.1) is 0 Å². The van der Waals surface area contributed by atoms with Gasteiger partial charge >= 0.3 is 0 Å². The van der Waals surface area contributed by atoms with Crippen LogP contribution in [0.5, 0.6) is 0 Å². The minimum atomic E-state index is -1.61. The Labute approximate surface area is 175 Å². The molecular weight excluding hydrogens is 408 g/mol. The van der Waals surface area contributed by atoms with Gasteiger partial charge in [-0.1, -0.05) is 26.2 Å². The number of hydrogen-bond acceptors (Lipinski definition) is 11. The minimum absolute atomic E-state index is 0.0501. The molecule has 172 valence electrons. The van der Waals surface area contributed by atoms with E-state index in [1.165, 1.54) is 0 Å². The molecule has 10 nitrogen and oxygen atoms in total. The van der Waals surface area contributed by atoms with Gasteiger partial charge in [0.2, 0.25) is 0 Å². The van der Waals surface area contributed by atoms with E-state index in [9.17, 15) is 30.6 Å². The van der Waals surface area contributed by atoms with Crippen molar-refractivity contribution in [2.45, 2.75) is 94.0 Å². The molecule has 2 aliphatic heterocycles. The highest BCUT2D eigenvalue weighted by Crippen LogP contribution is 2.29. The highest BCUT2D eigenvalue weighted by molar-refractivity contribution is 7.80. The van der Waals surface area contributed by atoms with Crippen LogP contribution in [-0.2, 0) is 18.9 Å². The molecule has 0 aromatic carbocycles. The quantitative estimate of drug-likeness (QED) is 0.151. The lowest BCUT2D eigenvalue weighted by Crippen LogP contribution is -2.64. The molecule has 0 aliphatic carbocycles. The Morgan fingerprint density at radius 3 is 2.07 bits per heavy atom. The average Bonchev–Trinajstić information content (AvgIpc) is 2.72. The standard InChI is InChI=1S/C18H34O10S/c1-2-3-4-5-6-25-17-15(24)13(22)16(9(7-19)26-17)28-18-14(23)12(21)11(20)10(8-29)27-18/h9-24,29H,2-8H2,1H3/t9?,10?,11-,12-,13+,14?,15?,16-,17?,18-/m0/s1. The average molecular weight is 443 g/mol. The zero-order valence-corrected chi connectivity index (χ0v) is 17.4. The Balaban J connectivity index is 1.98. The fourth-order valence-corrected chi connectivity index (χ4v) is 3.72. The van der Waals surface area contributed by atoms with E-state index in [4.69, 9.17) is 18.9 Å². The Morgan fingerprint density at radius 1 is 0.793 bits per heavy atom. The van der Waals surface area contributed by atoms with E-state index in [0.717, 1.165) is 25.7 Å². The molecule has 2 heterocycles. The molecule has 2 aliphatic rings. The molecular formula is C18H34O10S. The summed E-state index contributed by atoms with van der Waals surface area (Å²) in [4.78, 5) is 0. The highest BCUT2D eigenvalue weighted by Gasteiger charge is 2.50. The number of ether oxygens (including phenoxy) is 4. The highest BCUT2D eigenvalue weighted by atomic mass is 32.1. The van der Waals surface area contributed by atoms with Gasteiger partial charge in [-0.15, -0.1) is 0 Å². The number of aliphatic hydroxyl groups excluding tert-OH is 6. The smallest absolute Gasteiger partial charge is 0.187 e. The maximum atomic E-state index is 10.5. The van der Waals surface area contributed by atoms with Gasteiger partial charge in [0, 0.05) is 12.4 Å². The fourth-order valence-electron chi connectivity index (χ4n) is 3.42.